The Bertz CT molecular complexity index is 941. The van der Waals surface area contributed by atoms with Gasteiger partial charge >= 0.3 is 23.6 Å². The number of ether oxygens (including phenoxy) is 4. The number of aromatic amines is 1. The van der Waals surface area contributed by atoms with Crippen molar-refractivity contribution >= 4 is 17.9 Å². The van der Waals surface area contributed by atoms with Crippen LogP contribution in [0.2, 0.25) is 0 Å². The maximum absolute atomic E-state index is 12.2. The predicted molar refractivity (Wildman–Crippen MR) is 90.7 cm³/mol. The molecule has 1 aromatic rings. The lowest BCUT2D eigenvalue weighted by Crippen LogP contribution is -2.49. The minimum Gasteiger partial charge on any atom is -0.462 e. The van der Waals surface area contributed by atoms with Gasteiger partial charge in [0.05, 0.1) is 0 Å². The van der Waals surface area contributed by atoms with E-state index in [1.807, 2.05) is 4.98 Å². The summed E-state index contributed by atoms with van der Waals surface area (Å²) >= 11 is 0. The first-order chi connectivity index (χ1) is 13.1. The van der Waals surface area contributed by atoms with Crippen molar-refractivity contribution in [1.29, 1.82) is 0 Å². The first-order valence-electron chi connectivity index (χ1n) is 8.04. The highest BCUT2D eigenvalue weighted by Crippen LogP contribution is 2.40. The normalized spacial score (nSPS) is 26.1. The number of carbonyl (C=O) groups excluding carboxylic acids is 3. The zero-order valence-corrected chi connectivity index (χ0v) is 15.3. The summed E-state index contributed by atoms with van der Waals surface area (Å²) in [6.07, 6.45) is 2.54. The van der Waals surface area contributed by atoms with Gasteiger partial charge in [0.2, 0.25) is 5.60 Å². The molecule has 1 aliphatic rings. The summed E-state index contributed by atoms with van der Waals surface area (Å²) in [5, 5.41) is 0. The molecule has 28 heavy (non-hydrogen) atoms. The molecule has 11 heteroatoms. The molecule has 0 amide bonds. The molecule has 4 unspecified atom stereocenters. The number of aromatic nitrogens is 2. The van der Waals surface area contributed by atoms with Crippen LogP contribution in [0.15, 0.2) is 21.9 Å². The van der Waals surface area contributed by atoms with Gasteiger partial charge in [-0.2, -0.15) is 0 Å². The Hall–Kier alpha value is -3.39. The van der Waals surface area contributed by atoms with Crippen molar-refractivity contribution in [2.45, 2.75) is 44.8 Å². The number of nitrogens with one attached hydrogen (secondary N) is 1. The average molecular weight is 394 g/mol. The highest BCUT2D eigenvalue weighted by Gasteiger charge is 2.60. The molecule has 1 N–H and O–H groups in total. The van der Waals surface area contributed by atoms with Crippen LogP contribution in [-0.2, 0) is 33.3 Å². The molecule has 1 aromatic heterocycles. The van der Waals surface area contributed by atoms with Crippen LogP contribution in [0.1, 0.15) is 27.0 Å². The lowest BCUT2D eigenvalue weighted by atomic mass is 9.96. The Kier molecular flexibility index (Phi) is 6.05. The van der Waals surface area contributed by atoms with E-state index in [2.05, 4.69) is 5.92 Å². The highest BCUT2D eigenvalue weighted by atomic mass is 16.7. The summed E-state index contributed by atoms with van der Waals surface area (Å²) in [6.45, 7) is 2.79. The molecule has 0 aromatic carbocycles. The molecular formula is C17H18N2O9. The number of hydrogen-bond acceptors (Lipinski definition) is 9. The predicted octanol–water partition coefficient (Wildman–Crippen LogP) is -1.14. The number of H-pyrrole nitrogens is 1. The van der Waals surface area contributed by atoms with Gasteiger partial charge in [-0.25, -0.2) is 4.79 Å². The van der Waals surface area contributed by atoms with E-state index in [4.69, 9.17) is 25.4 Å². The van der Waals surface area contributed by atoms with E-state index < -0.39 is 59.8 Å². The van der Waals surface area contributed by atoms with E-state index in [0.717, 1.165) is 37.6 Å². The molecule has 0 aliphatic carbocycles. The molecule has 0 bridgehead atoms. The monoisotopic (exact) mass is 394 g/mol. The average Bonchev–Trinajstić information content (AvgIpc) is 2.86. The van der Waals surface area contributed by atoms with E-state index in [1.54, 1.807) is 0 Å². The smallest absolute Gasteiger partial charge is 0.330 e. The molecular weight excluding hydrogens is 376 g/mol. The number of hydrogen-bond donors (Lipinski definition) is 1. The van der Waals surface area contributed by atoms with Gasteiger partial charge in [0.15, 0.2) is 18.4 Å². The summed E-state index contributed by atoms with van der Waals surface area (Å²) < 4.78 is 22.0. The van der Waals surface area contributed by atoms with Crippen molar-refractivity contribution < 1.29 is 33.3 Å². The Morgan fingerprint density at radius 1 is 1.21 bits per heavy atom. The Morgan fingerprint density at radius 3 is 2.36 bits per heavy atom. The first-order valence-corrected chi connectivity index (χ1v) is 8.04. The molecule has 0 spiro atoms. The summed E-state index contributed by atoms with van der Waals surface area (Å²) in [6, 6.07) is 1.04. The lowest BCUT2D eigenvalue weighted by molar-refractivity contribution is -0.169. The quantitative estimate of drug-likeness (QED) is 0.372. The highest BCUT2D eigenvalue weighted by molar-refractivity contribution is 5.68. The topological polar surface area (TPSA) is 143 Å². The van der Waals surface area contributed by atoms with E-state index >= 15 is 0 Å². The molecule has 0 saturated carbocycles. The third-order valence-corrected chi connectivity index (χ3v) is 3.82. The number of terminal acetylenes is 1. The third-order valence-electron chi connectivity index (χ3n) is 3.82. The van der Waals surface area contributed by atoms with Crippen LogP contribution >= 0.6 is 0 Å². The number of esters is 3. The van der Waals surface area contributed by atoms with Gasteiger partial charge in [0.1, 0.15) is 6.61 Å². The van der Waals surface area contributed by atoms with Crippen molar-refractivity contribution in [3.8, 4) is 12.3 Å². The second kappa shape index (κ2) is 8.10. The minimum atomic E-state index is -1.85. The van der Waals surface area contributed by atoms with Gasteiger partial charge < -0.3 is 18.9 Å². The number of carbonyl (C=O) groups is 3. The van der Waals surface area contributed by atoms with Crippen LogP contribution in [0.5, 0.6) is 0 Å². The van der Waals surface area contributed by atoms with Gasteiger partial charge in [0, 0.05) is 33.0 Å². The zero-order valence-electron chi connectivity index (χ0n) is 15.3. The number of rotatable bonds is 5. The van der Waals surface area contributed by atoms with Gasteiger partial charge in [-0.3, -0.25) is 28.7 Å². The summed E-state index contributed by atoms with van der Waals surface area (Å²) in [7, 11) is 0. The van der Waals surface area contributed by atoms with Crippen LogP contribution in [0.4, 0.5) is 0 Å². The van der Waals surface area contributed by atoms with E-state index in [-0.39, 0.29) is 0 Å². The van der Waals surface area contributed by atoms with Gasteiger partial charge in [-0.15, -0.1) is 6.42 Å². The summed E-state index contributed by atoms with van der Waals surface area (Å²) in [4.78, 5) is 60.0. The Balaban J connectivity index is 2.60. The lowest BCUT2D eigenvalue weighted by Gasteiger charge is -2.28. The van der Waals surface area contributed by atoms with Gasteiger partial charge in [0.25, 0.3) is 5.56 Å². The van der Waals surface area contributed by atoms with Gasteiger partial charge in [-0.1, -0.05) is 5.92 Å². The Labute approximate surface area is 158 Å². The minimum absolute atomic E-state index is 0.539. The fourth-order valence-corrected chi connectivity index (χ4v) is 2.74. The van der Waals surface area contributed by atoms with E-state index in [0.29, 0.717) is 0 Å². The maximum Gasteiger partial charge on any atom is 0.330 e. The van der Waals surface area contributed by atoms with Crippen molar-refractivity contribution in [1.82, 2.24) is 9.55 Å². The van der Waals surface area contributed by atoms with Crippen molar-refractivity contribution in [2.75, 3.05) is 6.61 Å². The van der Waals surface area contributed by atoms with Crippen molar-refractivity contribution in [2.24, 2.45) is 0 Å². The summed E-state index contributed by atoms with van der Waals surface area (Å²) in [5.41, 5.74) is -3.39. The van der Waals surface area contributed by atoms with Crippen LogP contribution in [0, 0.1) is 12.3 Å². The van der Waals surface area contributed by atoms with E-state index in [9.17, 15) is 24.0 Å². The van der Waals surface area contributed by atoms with Crippen LogP contribution in [0.3, 0.4) is 0 Å². The maximum atomic E-state index is 12.2. The van der Waals surface area contributed by atoms with Crippen LogP contribution in [0.25, 0.3) is 0 Å². The summed E-state index contributed by atoms with van der Waals surface area (Å²) in [5.74, 6) is 0.0350. The molecule has 2 rings (SSSR count). The van der Waals surface area contributed by atoms with Crippen molar-refractivity contribution in [3.63, 3.8) is 0 Å². The third kappa shape index (κ3) is 4.29. The largest absolute Gasteiger partial charge is 0.462 e. The Morgan fingerprint density at radius 2 is 1.86 bits per heavy atom. The number of nitrogens with zero attached hydrogens (tertiary/aromatic N) is 1. The molecule has 0 radical (unpaired) electrons. The second-order valence-electron chi connectivity index (χ2n) is 5.94. The van der Waals surface area contributed by atoms with Crippen LogP contribution < -0.4 is 11.2 Å². The van der Waals surface area contributed by atoms with Crippen molar-refractivity contribution in [3.05, 3.63) is 33.1 Å². The SMILES string of the molecule is C#CC1(COC(C)=O)OC(n2ccc(=O)[nH]c2=O)C(OC(C)=O)C1OC(C)=O. The zero-order chi connectivity index (χ0) is 21.1. The van der Waals surface area contributed by atoms with E-state index in [1.165, 1.54) is 0 Å². The molecule has 1 fully saturated rings. The molecule has 2 heterocycles. The first kappa shape index (κ1) is 20.9. The molecule has 1 saturated heterocycles. The second-order valence-corrected chi connectivity index (χ2v) is 5.94. The fourth-order valence-electron chi connectivity index (χ4n) is 2.74. The molecule has 4 atom stereocenters. The molecule has 11 nitrogen and oxygen atoms in total. The standard InChI is InChI=1S/C17H18N2O9/c1-5-17(8-25-9(2)20)14(27-11(4)22)13(26-10(3)21)15(28-17)19-7-6-12(23)18-16(19)24/h1,6-7,13-15H,8H2,2-4H3,(H,18,23,24). The fraction of sp³-hybridized carbons (Fsp3) is 0.471. The molecule has 150 valence electrons. The van der Waals surface area contributed by atoms with Gasteiger partial charge in [-0.05, 0) is 0 Å². The molecule has 1 aliphatic heterocycles. The van der Waals surface area contributed by atoms with Crippen LogP contribution in [-0.4, -0.2) is 51.9 Å².